The molecule has 4 nitrogen and oxygen atoms in total. The van der Waals surface area contributed by atoms with E-state index in [2.05, 4.69) is 12.4 Å². The first kappa shape index (κ1) is 18.5. The number of amides is 1. The summed E-state index contributed by atoms with van der Waals surface area (Å²) in [5, 5.41) is 3.42. The SMILES string of the molecule is C[N+]12CCC(CC1)C(NC(=O)C1c3ccccc3Oc3ccccc31)C2.[Br-]. The number of fused-ring (bicyclic) bond motifs is 5. The van der Waals surface area contributed by atoms with E-state index >= 15 is 0 Å². The van der Waals surface area contributed by atoms with Crippen LogP contribution in [0.3, 0.4) is 0 Å². The summed E-state index contributed by atoms with van der Waals surface area (Å²) in [6, 6.07) is 16.1. The number of likely N-dealkylation sites (N-methyl/N-ethyl adjacent to an activating group) is 1. The molecule has 4 aliphatic rings. The van der Waals surface area contributed by atoms with Crippen molar-refractivity contribution in [2.75, 3.05) is 26.7 Å². The molecule has 2 bridgehead atoms. The van der Waals surface area contributed by atoms with E-state index in [1.54, 1.807) is 0 Å². The molecule has 0 saturated carbocycles. The number of benzene rings is 2. The van der Waals surface area contributed by atoms with Gasteiger partial charge in [0.25, 0.3) is 0 Å². The minimum atomic E-state index is -0.295. The Kier molecular flexibility index (Phi) is 4.77. The fourth-order valence-electron chi connectivity index (χ4n) is 5.04. The van der Waals surface area contributed by atoms with Crippen LogP contribution >= 0.6 is 0 Å². The van der Waals surface area contributed by atoms with Crippen molar-refractivity contribution in [2.24, 2.45) is 5.92 Å². The largest absolute Gasteiger partial charge is 1.00 e. The smallest absolute Gasteiger partial charge is 0.232 e. The van der Waals surface area contributed by atoms with Gasteiger partial charge in [-0.1, -0.05) is 36.4 Å². The Morgan fingerprint density at radius 3 is 2.11 bits per heavy atom. The lowest BCUT2D eigenvalue weighted by Gasteiger charge is -2.50. The van der Waals surface area contributed by atoms with Crippen molar-refractivity contribution in [3.63, 3.8) is 0 Å². The molecule has 2 aromatic carbocycles. The summed E-state index contributed by atoms with van der Waals surface area (Å²) in [7, 11) is 2.33. The third-order valence-electron chi connectivity index (χ3n) is 6.56. The van der Waals surface area contributed by atoms with E-state index < -0.39 is 0 Å². The summed E-state index contributed by atoms with van der Waals surface area (Å²) >= 11 is 0. The molecular weight excluding hydrogens is 404 g/mol. The second-order valence-corrected chi connectivity index (χ2v) is 8.31. The van der Waals surface area contributed by atoms with Gasteiger partial charge in [-0.15, -0.1) is 0 Å². The second-order valence-electron chi connectivity index (χ2n) is 8.31. The van der Waals surface area contributed by atoms with Crippen molar-refractivity contribution in [1.82, 2.24) is 5.32 Å². The first-order chi connectivity index (χ1) is 12.6. The van der Waals surface area contributed by atoms with Gasteiger partial charge in [0.2, 0.25) is 5.91 Å². The van der Waals surface area contributed by atoms with Gasteiger partial charge < -0.3 is 31.5 Å². The maximum Gasteiger partial charge on any atom is 0.232 e. The highest BCUT2D eigenvalue weighted by Crippen LogP contribution is 2.44. The van der Waals surface area contributed by atoms with Crippen LogP contribution in [0.2, 0.25) is 0 Å². The van der Waals surface area contributed by atoms with Crippen LogP contribution in [-0.4, -0.2) is 43.1 Å². The minimum absolute atomic E-state index is 0. The number of nitrogens with zero attached hydrogens (tertiary/aromatic N) is 1. The Bertz CT molecular complexity index is 815. The summed E-state index contributed by atoms with van der Waals surface area (Å²) in [6.45, 7) is 3.56. The average molecular weight is 429 g/mol. The predicted molar refractivity (Wildman–Crippen MR) is 100 cm³/mol. The van der Waals surface area contributed by atoms with E-state index in [0.29, 0.717) is 5.92 Å². The van der Waals surface area contributed by atoms with E-state index in [4.69, 9.17) is 4.74 Å². The summed E-state index contributed by atoms with van der Waals surface area (Å²) < 4.78 is 7.13. The van der Waals surface area contributed by atoms with E-state index in [1.807, 2.05) is 48.5 Å². The van der Waals surface area contributed by atoms with Crippen LogP contribution < -0.4 is 27.0 Å². The second kappa shape index (κ2) is 6.95. The van der Waals surface area contributed by atoms with Crippen LogP contribution in [0, 0.1) is 5.92 Å². The van der Waals surface area contributed by atoms with Gasteiger partial charge in [0, 0.05) is 24.0 Å². The van der Waals surface area contributed by atoms with E-state index in [-0.39, 0.29) is 34.8 Å². The lowest BCUT2D eigenvalue weighted by molar-refractivity contribution is -0.925. The molecule has 6 rings (SSSR count). The van der Waals surface area contributed by atoms with E-state index in [1.165, 1.54) is 25.9 Å². The van der Waals surface area contributed by atoms with Crippen molar-refractivity contribution in [2.45, 2.75) is 24.8 Å². The molecule has 3 saturated heterocycles. The number of para-hydroxylation sites is 2. The molecule has 4 heterocycles. The van der Waals surface area contributed by atoms with Gasteiger partial charge in [-0.2, -0.15) is 0 Å². The zero-order valence-corrected chi connectivity index (χ0v) is 17.1. The molecule has 0 radical (unpaired) electrons. The standard InChI is InChI=1S/C22H24N2O2.BrH/c1-24-12-10-15(11-13-24)18(14-24)23-22(25)21-16-6-2-4-8-19(16)26-20-9-5-3-7-17(20)21;/h2-9,15,18,21H,10-14H2,1H3;1H. The first-order valence-corrected chi connectivity index (χ1v) is 9.63. The number of carbonyl (C=O) groups excluding carboxylic acids is 1. The van der Waals surface area contributed by atoms with E-state index in [0.717, 1.165) is 33.7 Å². The number of rotatable bonds is 2. The Morgan fingerprint density at radius 1 is 1.00 bits per heavy atom. The highest BCUT2D eigenvalue weighted by molar-refractivity contribution is 5.89. The normalized spacial score (nSPS) is 28.3. The lowest BCUT2D eigenvalue weighted by atomic mass is 9.81. The lowest BCUT2D eigenvalue weighted by Crippen LogP contribution is -3.00. The fraction of sp³-hybridized carbons (Fsp3) is 0.409. The summed E-state index contributed by atoms with van der Waals surface area (Å²) in [6.07, 6.45) is 2.45. The van der Waals surface area contributed by atoms with E-state index in [9.17, 15) is 4.79 Å². The topological polar surface area (TPSA) is 38.3 Å². The Morgan fingerprint density at radius 2 is 1.56 bits per heavy atom. The first-order valence-electron chi connectivity index (χ1n) is 9.63. The number of nitrogens with one attached hydrogen (secondary N) is 1. The number of ether oxygens (including phenoxy) is 1. The molecule has 0 aliphatic carbocycles. The number of carbonyl (C=O) groups is 1. The minimum Gasteiger partial charge on any atom is -1.00 e. The van der Waals surface area contributed by atoms with Gasteiger partial charge in [0.1, 0.15) is 11.5 Å². The van der Waals surface area contributed by atoms with Crippen LogP contribution in [0.25, 0.3) is 0 Å². The molecule has 3 fully saturated rings. The molecule has 4 aliphatic heterocycles. The number of piperidine rings is 3. The molecule has 1 amide bonds. The molecular formula is C22H25BrN2O2. The maximum atomic E-state index is 13.4. The third-order valence-corrected chi connectivity index (χ3v) is 6.56. The highest BCUT2D eigenvalue weighted by atomic mass is 79.9. The fourth-order valence-corrected chi connectivity index (χ4v) is 5.04. The number of quaternary nitrogens is 1. The predicted octanol–water partition coefficient (Wildman–Crippen LogP) is 0.283. The van der Waals surface area contributed by atoms with Gasteiger partial charge in [0.15, 0.2) is 0 Å². The Labute approximate surface area is 170 Å². The van der Waals surface area contributed by atoms with Gasteiger partial charge in [-0.05, 0) is 18.1 Å². The van der Waals surface area contributed by atoms with Gasteiger partial charge in [0.05, 0.1) is 38.6 Å². The number of hydrogen-bond acceptors (Lipinski definition) is 2. The molecule has 27 heavy (non-hydrogen) atoms. The quantitative estimate of drug-likeness (QED) is 0.697. The molecule has 2 aromatic rings. The molecule has 1 atom stereocenters. The van der Waals surface area contributed by atoms with Crippen molar-refractivity contribution in [1.29, 1.82) is 0 Å². The number of halogens is 1. The van der Waals surface area contributed by atoms with Crippen molar-refractivity contribution >= 4 is 5.91 Å². The molecule has 1 unspecified atom stereocenters. The summed E-state index contributed by atoms with van der Waals surface area (Å²) in [4.78, 5) is 13.4. The molecule has 5 heteroatoms. The van der Waals surface area contributed by atoms with Crippen LogP contribution in [-0.2, 0) is 4.79 Å². The van der Waals surface area contributed by atoms with Crippen molar-refractivity contribution in [3.8, 4) is 11.5 Å². The Hall–Kier alpha value is -1.85. The zero-order chi connectivity index (χ0) is 17.7. The monoisotopic (exact) mass is 428 g/mol. The van der Waals surface area contributed by atoms with Crippen LogP contribution in [0.15, 0.2) is 48.5 Å². The van der Waals surface area contributed by atoms with Crippen molar-refractivity contribution in [3.05, 3.63) is 59.7 Å². The highest BCUT2D eigenvalue weighted by Gasteiger charge is 2.45. The van der Waals surface area contributed by atoms with Crippen LogP contribution in [0.1, 0.15) is 29.9 Å². The zero-order valence-electron chi connectivity index (χ0n) is 15.5. The Balaban J connectivity index is 0.00000180. The van der Waals surface area contributed by atoms with Gasteiger partial charge >= 0.3 is 0 Å². The van der Waals surface area contributed by atoms with Crippen molar-refractivity contribution < 1.29 is 31.0 Å². The molecule has 142 valence electrons. The van der Waals surface area contributed by atoms with Crippen LogP contribution in [0.5, 0.6) is 11.5 Å². The molecule has 1 N–H and O–H groups in total. The molecule has 0 aromatic heterocycles. The third kappa shape index (κ3) is 3.17. The van der Waals surface area contributed by atoms with Crippen LogP contribution in [0.4, 0.5) is 0 Å². The summed E-state index contributed by atoms with van der Waals surface area (Å²) in [5.74, 6) is 2.03. The van der Waals surface area contributed by atoms with Gasteiger partial charge in [-0.3, -0.25) is 4.79 Å². The summed E-state index contributed by atoms with van der Waals surface area (Å²) in [5.41, 5.74) is 1.93. The van der Waals surface area contributed by atoms with Gasteiger partial charge in [-0.25, -0.2) is 0 Å². The number of hydrogen-bond donors (Lipinski definition) is 1. The molecule has 0 spiro atoms. The maximum absolute atomic E-state index is 13.4. The average Bonchev–Trinajstić information content (AvgIpc) is 2.66.